The summed E-state index contributed by atoms with van der Waals surface area (Å²) < 4.78 is 15.0. The number of anilines is 3. The summed E-state index contributed by atoms with van der Waals surface area (Å²) in [5.41, 5.74) is 3.57. The van der Waals surface area contributed by atoms with Crippen molar-refractivity contribution in [1.82, 2.24) is 24.1 Å². The van der Waals surface area contributed by atoms with Gasteiger partial charge in [0.1, 0.15) is 17.2 Å². The monoisotopic (exact) mass is 405 g/mol. The van der Waals surface area contributed by atoms with Gasteiger partial charge in [-0.3, -0.25) is 0 Å². The molecule has 0 unspecified atom stereocenters. The first-order chi connectivity index (χ1) is 14.7. The van der Waals surface area contributed by atoms with Crippen molar-refractivity contribution in [2.24, 2.45) is 0 Å². The van der Waals surface area contributed by atoms with Crippen LogP contribution >= 0.6 is 0 Å². The van der Waals surface area contributed by atoms with Crippen molar-refractivity contribution in [2.75, 3.05) is 38.0 Å². The summed E-state index contributed by atoms with van der Waals surface area (Å²) >= 11 is 0. The maximum Gasteiger partial charge on any atom is 0.231 e. The molecule has 0 saturated carbocycles. The number of hydrogen-bond donors (Lipinski definition) is 2. The Kier molecular flexibility index (Phi) is 4.51. The largest absolute Gasteiger partial charge is 0.494 e. The van der Waals surface area contributed by atoms with Crippen LogP contribution in [-0.2, 0) is 4.74 Å². The number of methoxy groups -OCH3 is 1. The molecule has 2 N–H and O–H groups in total. The number of fused-ring (bicyclic) bond motifs is 1. The Hall–Kier alpha value is -3.59. The molecule has 0 atom stereocenters. The summed E-state index contributed by atoms with van der Waals surface area (Å²) in [6, 6.07) is 8.23. The fraction of sp³-hybridized carbons (Fsp3) is 0.286. The molecule has 1 fully saturated rings. The highest BCUT2D eigenvalue weighted by Gasteiger charge is 2.23. The SMILES string of the molecule is CNc1nc(Nc2ccc(-n3cnc(C)c3)c(OC)c2)nc2c1ccn2C1COC1. The number of nitrogens with one attached hydrogen (secondary N) is 2. The fourth-order valence-electron chi connectivity index (χ4n) is 3.61. The molecule has 1 aliphatic rings. The second-order valence-electron chi connectivity index (χ2n) is 7.23. The lowest BCUT2D eigenvalue weighted by molar-refractivity contribution is -0.0216. The van der Waals surface area contributed by atoms with Crippen molar-refractivity contribution >= 4 is 28.5 Å². The second kappa shape index (κ2) is 7.34. The van der Waals surface area contributed by atoms with Gasteiger partial charge in [0.25, 0.3) is 0 Å². The molecule has 9 nitrogen and oxygen atoms in total. The molecule has 0 spiro atoms. The van der Waals surface area contributed by atoms with E-state index in [9.17, 15) is 0 Å². The van der Waals surface area contributed by atoms with E-state index in [1.54, 1.807) is 13.4 Å². The number of hydrogen-bond acceptors (Lipinski definition) is 7. The Balaban J connectivity index is 1.50. The quantitative estimate of drug-likeness (QED) is 0.509. The molecule has 9 heteroatoms. The van der Waals surface area contributed by atoms with Crippen LogP contribution in [0.4, 0.5) is 17.5 Å². The third-order valence-corrected chi connectivity index (χ3v) is 5.25. The van der Waals surface area contributed by atoms with Crippen LogP contribution in [0, 0.1) is 6.92 Å². The van der Waals surface area contributed by atoms with Gasteiger partial charge in [-0.25, -0.2) is 4.98 Å². The van der Waals surface area contributed by atoms with Gasteiger partial charge >= 0.3 is 0 Å². The van der Waals surface area contributed by atoms with Crippen molar-refractivity contribution in [3.05, 3.63) is 48.7 Å². The number of aromatic nitrogens is 5. The van der Waals surface area contributed by atoms with E-state index in [-0.39, 0.29) is 0 Å². The lowest BCUT2D eigenvalue weighted by Crippen LogP contribution is -2.30. The molecular formula is C21H23N7O2. The van der Waals surface area contributed by atoms with E-state index in [1.165, 1.54) is 0 Å². The first-order valence-electron chi connectivity index (χ1n) is 9.76. The van der Waals surface area contributed by atoms with Crippen LogP contribution in [0.15, 0.2) is 43.0 Å². The van der Waals surface area contributed by atoms with Gasteiger partial charge in [0.15, 0.2) is 0 Å². The summed E-state index contributed by atoms with van der Waals surface area (Å²) in [5.74, 6) is 2.02. The van der Waals surface area contributed by atoms with Crippen molar-refractivity contribution in [2.45, 2.75) is 13.0 Å². The minimum absolute atomic E-state index is 0.313. The highest BCUT2D eigenvalue weighted by molar-refractivity contribution is 5.89. The summed E-state index contributed by atoms with van der Waals surface area (Å²) in [4.78, 5) is 13.7. The number of ether oxygens (including phenoxy) is 2. The van der Waals surface area contributed by atoms with E-state index in [4.69, 9.17) is 14.5 Å². The highest BCUT2D eigenvalue weighted by atomic mass is 16.5. The van der Waals surface area contributed by atoms with Gasteiger partial charge < -0.3 is 29.2 Å². The lowest BCUT2D eigenvalue weighted by Gasteiger charge is -2.27. The number of rotatable bonds is 6. The standard InChI is InChI=1S/C21H23N7O2/c1-13-9-27(12-23-13)17-5-4-14(8-18(17)29-3)24-21-25-19(22-2)16-6-7-28(20(16)26-21)15-10-30-11-15/h4-9,12,15H,10-11H2,1-3H3,(H2,22,24,25,26). The molecule has 0 bridgehead atoms. The third-order valence-electron chi connectivity index (χ3n) is 5.25. The first-order valence-corrected chi connectivity index (χ1v) is 9.76. The van der Waals surface area contributed by atoms with Gasteiger partial charge in [0.05, 0.1) is 49.5 Å². The maximum atomic E-state index is 5.60. The van der Waals surface area contributed by atoms with E-state index in [0.29, 0.717) is 25.2 Å². The molecule has 1 saturated heterocycles. The maximum absolute atomic E-state index is 5.60. The summed E-state index contributed by atoms with van der Waals surface area (Å²) in [5, 5.41) is 7.46. The molecule has 5 rings (SSSR count). The summed E-state index contributed by atoms with van der Waals surface area (Å²) in [6.45, 7) is 3.37. The Labute approximate surface area is 173 Å². The highest BCUT2D eigenvalue weighted by Crippen LogP contribution is 2.31. The summed E-state index contributed by atoms with van der Waals surface area (Å²) in [7, 11) is 3.52. The number of imidazole rings is 1. The van der Waals surface area contributed by atoms with E-state index in [0.717, 1.165) is 39.7 Å². The molecule has 154 valence electrons. The molecule has 30 heavy (non-hydrogen) atoms. The molecule has 0 aliphatic carbocycles. The third kappa shape index (κ3) is 3.13. The topological polar surface area (TPSA) is 91.0 Å². The van der Waals surface area contributed by atoms with Gasteiger partial charge in [-0.15, -0.1) is 0 Å². The van der Waals surface area contributed by atoms with Gasteiger partial charge in [-0.05, 0) is 25.1 Å². The Bertz CT molecular complexity index is 1210. The fourth-order valence-corrected chi connectivity index (χ4v) is 3.61. The first kappa shape index (κ1) is 18.4. The molecule has 4 heterocycles. The normalized spacial score (nSPS) is 14.0. The summed E-state index contributed by atoms with van der Waals surface area (Å²) in [6.07, 6.45) is 5.77. The van der Waals surface area contributed by atoms with Crippen LogP contribution < -0.4 is 15.4 Å². The average Bonchev–Trinajstić information content (AvgIpc) is 3.33. The number of aryl methyl sites for hydroxylation is 1. The van der Waals surface area contributed by atoms with Gasteiger partial charge in [-0.2, -0.15) is 9.97 Å². The molecule has 0 radical (unpaired) electrons. The lowest BCUT2D eigenvalue weighted by atomic mass is 10.2. The zero-order chi connectivity index (χ0) is 20.7. The van der Waals surface area contributed by atoms with Crippen LogP contribution in [0.25, 0.3) is 16.7 Å². The zero-order valence-electron chi connectivity index (χ0n) is 17.1. The number of nitrogens with zero attached hydrogens (tertiary/aromatic N) is 5. The van der Waals surface area contributed by atoms with Crippen LogP contribution in [0.3, 0.4) is 0 Å². The van der Waals surface area contributed by atoms with E-state index in [1.807, 2.05) is 55.2 Å². The van der Waals surface area contributed by atoms with E-state index < -0.39 is 0 Å². The van der Waals surface area contributed by atoms with Crippen LogP contribution in [0.2, 0.25) is 0 Å². The minimum Gasteiger partial charge on any atom is -0.494 e. The predicted molar refractivity (Wildman–Crippen MR) is 115 cm³/mol. The Morgan fingerprint density at radius 2 is 2.07 bits per heavy atom. The molecule has 0 amide bonds. The van der Waals surface area contributed by atoms with Crippen LogP contribution in [0.1, 0.15) is 11.7 Å². The predicted octanol–water partition coefficient (Wildman–Crippen LogP) is 3.29. The second-order valence-corrected chi connectivity index (χ2v) is 7.23. The van der Waals surface area contributed by atoms with Gasteiger partial charge in [-0.1, -0.05) is 0 Å². The smallest absolute Gasteiger partial charge is 0.231 e. The molecule has 3 aromatic heterocycles. The molecule has 1 aromatic carbocycles. The Morgan fingerprint density at radius 1 is 1.20 bits per heavy atom. The van der Waals surface area contributed by atoms with Crippen LogP contribution in [-0.4, -0.2) is 51.5 Å². The molecular weight excluding hydrogens is 382 g/mol. The zero-order valence-corrected chi connectivity index (χ0v) is 17.1. The van der Waals surface area contributed by atoms with Gasteiger partial charge in [0, 0.05) is 31.2 Å². The van der Waals surface area contributed by atoms with Crippen LogP contribution in [0.5, 0.6) is 5.75 Å². The molecule has 1 aliphatic heterocycles. The van der Waals surface area contributed by atoms with Gasteiger partial charge in [0.2, 0.25) is 5.95 Å². The average molecular weight is 405 g/mol. The van der Waals surface area contributed by atoms with E-state index >= 15 is 0 Å². The molecule has 4 aromatic rings. The van der Waals surface area contributed by atoms with Crippen molar-refractivity contribution in [3.63, 3.8) is 0 Å². The Morgan fingerprint density at radius 3 is 2.73 bits per heavy atom. The van der Waals surface area contributed by atoms with Crippen molar-refractivity contribution in [1.29, 1.82) is 0 Å². The van der Waals surface area contributed by atoms with E-state index in [2.05, 4.69) is 25.2 Å². The van der Waals surface area contributed by atoms with Crippen molar-refractivity contribution < 1.29 is 9.47 Å². The van der Waals surface area contributed by atoms with Crippen molar-refractivity contribution in [3.8, 4) is 11.4 Å². The number of benzene rings is 1. The minimum atomic E-state index is 0.313.